The van der Waals surface area contributed by atoms with E-state index in [0.717, 1.165) is 0 Å². The van der Waals surface area contributed by atoms with E-state index in [4.69, 9.17) is 10.4 Å². The van der Waals surface area contributed by atoms with E-state index >= 15 is 0 Å². The Balaban J connectivity index is 2.34. The van der Waals surface area contributed by atoms with Gasteiger partial charge in [-0.3, -0.25) is 4.72 Å². The molecule has 2 aromatic carbocycles. The van der Waals surface area contributed by atoms with E-state index in [1.807, 2.05) is 6.07 Å². The van der Waals surface area contributed by atoms with Crippen molar-refractivity contribution < 1.29 is 13.5 Å². The van der Waals surface area contributed by atoms with E-state index < -0.39 is 10.0 Å². The third-order valence-corrected chi connectivity index (χ3v) is 4.37. The lowest BCUT2D eigenvalue weighted by Crippen LogP contribution is -2.13. The Morgan fingerprint density at radius 3 is 2.62 bits per heavy atom. The number of aliphatic hydroxyl groups excluding tert-OH is 1. The molecule has 0 aromatic heterocycles. The molecule has 2 N–H and O–H groups in total. The number of benzene rings is 2. The Bertz CT molecular complexity index is 808. The van der Waals surface area contributed by atoms with Crippen molar-refractivity contribution in [3.8, 4) is 6.07 Å². The van der Waals surface area contributed by atoms with Gasteiger partial charge in [0.1, 0.15) is 0 Å². The second-order valence-corrected chi connectivity index (χ2v) is 6.23. The van der Waals surface area contributed by atoms with Crippen LogP contribution in [0.15, 0.2) is 47.4 Å². The van der Waals surface area contributed by atoms with Crippen LogP contribution in [0.5, 0.6) is 0 Å². The fraction of sp³-hybridized carbons (Fsp3) is 0.133. The first kappa shape index (κ1) is 15.0. The van der Waals surface area contributed by atoms with Crippen molar-refractivity contribution in [3.05, 3.63) is 59.2 Å². The number of sulfonamides is 1. The molecule has 0 atom stereocenters. The van der Waals surface area contributed by atoms with Gasteiger partial charge in [0, 0.05) is 5.69 Å². The molecule has 6 heteroatoms. The van der Waals surface area contributed by atoms with Gasteiger partial charge in [-0.1, -0.05) is 12.1 Å². The Labute approximate surface area is 123 Å². The molecule has 5 nitrogen and oxygen atoms in total. The van der Waals surface area contributed by atoms with Crippen molar-refractivity contribution in [2.45, 2.75) is 18.4 Å². The minimum Gasteiger partial charge on any atom is -0.392 e. The van der Waals surface area contributed by atoms with Crippen LogP contribution < -0.4 is 4.72 Å². The summed E-state index contributed by atoms with van der Waals surface area (Å²) in [5, 5.41) is 17.9. The third kappa shape index (κ3) is 3.40. The van der Waals surface area contributed by atoms with Gasteiger partial charge in [0.15, 0.2) is 0 Å². The van der Waals surface area contributed by atoms with Crippen LogP contribution in [0.1, 0.15) is 16.7 Å². The topological polar surface area (TPSA) is 90.2 Å². The van der Waals surface area contributed by atoms with Crippen molar-refractivity contribution in [1.29, 1.82) is 5.26 Å². The minimum absolute atomic E-state index is 0.0911. The molecule has 0 unspecified atom stereocenters. The molecule has 21 heavy (non-hydrogen) atoms. The van der Waals surface area contributed by atoms with Gasteiger partial charge in [0.25, 0.3) is 10.0 Å². The molecular formula is C15H14N2O3S. The molecular weight excluding hydrogens is 288 g/mol. The minimum atomic E-state index is -3.73. The summed E-state index contributed by atoms with van der Waals surface area (Å²) in [6.45, 7) is 1.52. The fourth-order valence-electron chi connectivity index (χ4n) is 1.88. The zero-order valence-corrected chi connectivity index (χ0v) is 12.2. The average Bonchev–Trinajstić information content (AvgIpc) is 2.47. The van der Waals surface area contributed by atoms with Gasteiger partial charge in [-0.25, -0.2) is 8.42 Å². The number of nitrogens with zero attached hydrogens (tertiary/aromatic N) is 1. The maximum atomic E-state index is 12.3. The Morgan fingerprint density at radius 2 is 2.00 bits per heavy atom. The highest BCUT2D eigenvalue weighted by Crippen LogP contribution is 2.19. The predicted molar refractivity (Wildman–Crippen MR) is 79.1 cm³/mol. The number of rotatable bonds is 4. The Morgan fingerprint density at radius 1 is 1.24 bits per heavy atom. The number of nitrogens with one attached hydrogen (secondary N) is 1. The molecule has 0 spiro atoms. The first-order chi connectivity index (χ1) is 9.96. The normalized spacial score (nSPS) is 10.9. The van der Waals surface area contributed by atoms with Gasteiger partial charge < -0.3 is 5.11 Å². The second kappa shape index (κ2) is 5.95. The van der Waals surface area contributed by atoms with Crippen LogP contribution in [0.25, 0.3) is 0 Å². The van der Waals surface area contributed by atoms with Gasteiger partial charge in [0.2, 0.25) is 0 Å². The van der Waals surface area contributed by atoms with Crippen LogP contribution in [0.2, 0.25) is 0 Å². The number of aryl methyl sites for hydroxylation is 1. The van der Waals surface area contributed by atoms with E-state index in [0.29, 0.717) is 22.4 Å². The zero-order valence-electron chi connectivity index (χ0n) is 11.4. The first-order valence-corrected chi connectivity index (χ1v) is 7.68. The SMILES string of the molecule is Cc1cc(S(=O)(=O)Nc2cccc(CO)c2)ccc1C#N. The van der Waals surface area contributed by atoms with E-state index in [2.05, 4.69) is 4.72 Å². The highest BCUT2D eigenvalue weighted by molar-refractivity contribution is 7.92. The van der Waals surface area contributed by atoms with Crippen molar-refractivity contribution in [2.24, 2.45) is 0 Å². The van der Waals surface area contributed by atoms with Crippen molar-refractivity contribution in [3.63, 3.8) is 0 Å². The number of anilines is 1. The highest BCUT2D eigenvalue weighted by Gasteiger charge is 2.15. The highest BCUT2D eigenvalue weighted by atomic mass is 32.2. The van der Waals surface area contributed by atoms with Gasteiger partial charge in [0.05, 0.1) is 23.1 Å². The molecule has 2 rings (SSSR count). The average molecular weight is 302 g/mol. The molecule has 0 radical (unpaired) electrons. The van der Waals surface area contributed by atoms with Crippen molar-refractivity contribution in [1.82, 2.24) is 0 Å². The molecule has 0 aliphatic carbocycles. The summed E-state index contributed by atoms with van der Waals surface area (Å²) >= 11 is 0. The number of aliphatic hydroxyl groups is 1. The summed E-state index contributed by atoms with van der Waals surface area (Å²) in [5.74, 6) is 0. The van der Waals surface area contributed by atoms with Crippen molar-refractivity contribution in [2.75, 3.05) is 4.72 Å². The molecule has 0 saturated carbocycles. The Hall–Kier alpha value is -2.36. The molecule has 0 aliphatic heterocycles. The monoisotopic (exact) mass is 302 g/mol. The lowest BCUT2D eigenvalue weighted by molar-refractivity contribution is 0.282. The van der Waals surface area contributed by atoms with Crippen molar-refractivity contribution >= 4 is 15.7 Å². The van der Waals surface area contributed by atoms with Gasteiger partial charge >= 0.3 is 0 Å². The third-order valence-electron chi connectivity index (χ3n) is 2.99. The van der Waals surface area contributed by atoms with Crippen LogP contribution in [-0.2, 0) is 16.6 Å². The summed E-state index contributed by atoms with van der Waals surface area (Å²) in [6.07, 6.45) is 0. The molecule has 0 aliphatic rings. The predicted octanol–water partition coefficient (Wildman–Crippen LogP) is 2.16. The number of nitriles is 1. The molecule has 0 saturated heterocycles. The molecule has 108 valence electrons. The molecule has 2 aromatic rings. The number of hydrogen-bond donors (Lipinski definition) is 2. The molecule has 0 bridgehead atoms. The second-order valence-electron chi connectivity index (χ2n) is 4.55. The fourth-order valence-corrected chi connectivity index (χ4v) is 3.01. The Kier molecular flexibility index (Phi) is 4.26. The largest absolute Gasteiger partial charge is 0.392 e. The van der Waals surface area contributed by atoms with Gasteiger partial charge in [-0.2, -0.15) is 5.26 Å². The van der Waals surface area contributed by atoms with Crippen LogP contribution in [0.4, 0.5) is 5.69 Å². The first-order valence-electron chi connectivity index (χ1n) is 6.19. The quantitative estimate of drug-likeness (QED) is 0.905. The van der Waals surface area contributed by atoms with Gasteiger partial charge in [-0.05, 0) is 48.4 Å². The van der Waals surface area contributed by atoms with E-state index in [1.165, 1.54) is 18.2 Å². The zero-order chi connectivity index (χ0) is 15.5. The smallest absolute Gasteiger partial charge is 0.261 e. The summed E-state index contributed by atoms with van der Waals surface area (Å²) in [4.78, 5) is 0.0911. The van der Waals surface area contributed by atoms with Crippen LogP contribution >= 0.6 is 0 Å². The lowest BCUT2D eigenvalue weighted by atomic mass is 10.1. The number of hydrogen-bond acceptors (Lipinski definition) is 4. The van der Waals surface area contributed by atoms with E-state index in [9.17, 15) is 8.42 Å². The van der Waals surface area contributed by atoms with Crippen LogP contribution in [0, 0.1) is 18.3 Å². The van der Waals surface area contributed by atoms with Crippen LogP contribution in [0.3, 0.4) is 0 Å². The maximum absolute atomic E-state index is 12.3. The molecule has 0 fully saturated rings. The lowest BCUT2D eigenvalue weighted by Gasteiger charge is -2.10. The van der Waals surface area contributed by atoms with E-state index in [1.54, 1.807) is 31.2 Å². The van der Waals surface area contributed by atoms with Gasteiger partial charge in [-0.15, -0.1) is 0 Å². The maximum Gasteiger partial charge on any atom is 0.261 e. The molecule has 0 heterocycles. The summed E-state index contributed by atoms with van der Waals surface area (Å²) in [6, 6.07) is 12.8. The summed E-state index contributed by atoms with van der Waals surface area (Å²) in [7, 11) is -3.73. The summed E-state index contributed by atoms with van der Waals surface area (Å²) in [5.41, 5.74) is 2.04. The summed E-state index contributed by atoms with van der Waals surface area (Å²) < 4.78 is 27.0. The standard InChI is InChI=1S/C15H14N2O3S/c1-11-7-15(6-5-13(11)9-16)21(19,20)17-14-4-2-3-12(8-14)10-18/h2-8,17-18H,10H2,1H3. The molecule has 0 amide bonds. The van der Waals surface area contributed by atoms with Crippen LogP contribution in [-0.4, -0.2) is 13.5 Å². The van der Waals surface area contributed by atoms with E-state index in [-0.39, 0.29) is 11.5 Å².